The van der Waals surface area contributed by atoms with Crippen LogP contribution in [0.3, 0.4) is 0 Å². The number of carbonyl (C=O) groups excluding carboxylic acids is 3. The van der Waals surface area contributed by atoms with E-state index in [2.05, 4.69) is 159 Å². The molecule has 3 atom stereocenters. The van der Waals surface area contributed by atoms with E-state index in [1.807, 2.05) is 0 Å². The quantitative estimate of drug-likeness (QED) is 0.119. The topological polar surface area (TPSA) is 121 Å². The third-order valence-corrected chi connectivity index (χ3v) is 16.2. The first kappa shape index (κ1) is 50.8. The van der Waals surface area contributed by atoms with Crippen molar-refractivity contribution in [2.24, 2.45) is 11.8 Å². The van der Waals surface area contributed by atoms with E-state index in [1.165, 1.54) is 0 Å². The van der Waals surface area contributed by atoms with Crippen molar-refractivity contribution in [1.29, 1.82) is 0 Å². The summed E-state index contributed by atoms with van der Waals surface area (Å²) >= 11 is 0. The van der Waals surface area contributed by atoms with Gasteiger partial charge in [-0.15, -0.1) is 0 Å². The second-order valence-electron chi connectivity index (χ2n) is 24.5. The van der Waals surface area contributed by atoms with Gasteiger partial charge in [-0.3, -0.25) is 34.0 Å². The van der Waals surface area contributed by atoms with E-state index in [1.54, 1.807) is 0 Å². The molecule has 0 aliphatic carbocycles. The molecule has 4 heterocycles. The Morgan fingerprint density at radius 2 is 0.700 bits per heavy atom. The largest absolute Gasteiger partial charge is 0.462 e. The highest BCUT2D eigenvalue weighted by atomic mass is 16.6. The summed E-state index contributed by atoms with van der Waals surface area (Å²) in [6, 6.07) is 0. The fourth-order valence-electron chi connectivity index (χ4n) is 11.7. The van der Waals surface area contributed by atoms with Gasteiger partial charge in [0, 0.05) is 89.3 Å². The predicted octanol–water partition coefficient (Wildman–Crippen LogP) is 7.57. The molecular weight excluding hydrogens is 761 g/mol. The molecule has 4 rings (SSSR count). The van der Waals surface area contributed by atoms with Crippen LogP contribution in [0, 0.1) is 11.8 Å². The van der Waals surface area contributed by atoms with Gasteiger partial charge in [0.1, 0.15) is 18.3 Å². The van der Waals surface area contributed by atoms with E-state index in [-0.39, 0.29) is 62.9 Å². The van der Waals surface area contributed by atoms with E-state index in [0.717, 1.165) is 0 Å². The summed E-state index contributed by atoms with van der Waals surface area (Å²) in [4.78, 5) is 53.3. The first-order valence-corrected chi connectivity index (χ1v) is 22.8. The maximum atomic E-state index is 14.9. The lowest BCUT2D eigenvalue weighted by molar-refractivity contribution is -0.198. The summed E-state index contributed by atoms with van der Waals surface area (Å²) in [7, 11) is 8.39. The fourth-order valence-corrected chi connectivity index (χ4v) is 11.7. The van der Waals surface area contributed by atoms with Gasteiger partial charge in [0.15, 0.2) is 6.29 Å². The summed E-state index contributed by atoms with van der Waals surface area (Å²) in [6.45, 7) is 34.3. The van der Waals surface area contributed by atoms with E-state index in [9.17, 15) is 19.5 Å². The molecule has 0 saturated carbocycles. The van der Waals surface area contributed by atoms with Gasteiger partial charge < -0.3 is 24.1 Å². The molecule has 0 radical (unpaired) electrons. The Kier molecular flexibility index (Phi) is 14.6. The number of ether oxygens (including phenoxy) is 4. The molecule has 0 spiro atoms. The predicted molar refractivity (Wildman–Crippen MR) is 237 cm³/mol. The number of hydrogen-bond acceptors (Lipinski definition) is 12. The van der Waals surface area contributed by atoms with Crippen LogP contribution < -0.4 is 0 Å². The summed E-state index contributed by atoms with van der Waals surface area (Å²) in [5, 5.41) is 11.9. The van der Waals surface area contributed by atoms with Gasteiger partial charge in [0.2, 0.25) is 0 Å². The molecule has 0 amide bonds. The van der Waals surface area contributed by atoms with Crippen LogP contribution in [-0.4, -0.2) is 146 Å². The normalized spacial score (nSPS) is 28.9. The maximum absolute atomic E-state index is 14.9. The third kappa shape index (κ3) is 11.5. The van der Waals surface area contributed by atoms with Crippen LogP contribution in [-0.2, 0) is 33.3 Å². The van der Waals surface area contributed by atoms with Crippen LogP contribution in [0.2, 0.25) is 0 Å². The van der Waals surface area contributed by atoms with Gasteiger partial charge in [-0.1, -0.05) is 0 Å². The highest BCUT2D eigenvalue weighted by molar-refractivity contribution is 5.86. The van der Waals surface area contributed by atoms with Gasteiger partial charge in [0.05, 0.1) is 24.4 Å². The number of carbonyl (C=O) groups is 3. The Bertz CT molecular complexity index is 1480. The number of hydrogen-bond donors (Lipinski definition) is 1. The average molecular weight is 849 g/mol. The second-order valence-corrected chi connectivity index (χ2v) is 24.5. The SMILES string of the molecule is CN1C(C)(C)CC(OC(=O)CC(C(=O)OC2CC(C)(C)N(C)C(C)(C)C2)C(CC(O)OC2CC(C)(C)N(C)C(C)(C)C2)C(=O)OC2CC(C)(C)N(C)C(C)(C)C2)CC1(C)C. The highest BCUT2D eigenvalue weighted by Crippen LogP contribution is 2.43. The zero-order valence-corrected chi connectivity index (χ0v) is 41.7. The van der Waals surface area contributed by atoms with Gasteiger partial charge >= 0.3 is 17.9 Å². The minimum Gasteiger partial charge on any atom is -0.462 e. The molecule has 348 valence electrons. The number of aliphatic hydroxyl groups excluding tert-OH is 1. The molecule has 60 heavy (non-hydrogen) atoms. The number of nitrogens with zero attached hydrogens (tertiary/aromatic N) is 4. The van der Waals surface area contributed by atoms with Gasteiger partial charge in [-0.05, 0) is 152 Å². The molecule has 3 unspecified atom stereocenters. The number of piperidine rings is 4. The Morgan fingerprint density at radius 1 is 0.450 bits per heavy atom. The van der Waals surface area contributed by atoms with Gasteiger partial charge in [0.25, 0.3) is 0 Å². The monoisotopic (exact) mass is 849 g/mol. The van der Waals surface area contributed by atoms with Crippen LogP contribution >= 0.6 is 0 Å². The summed E-state index contributed by atoms with van der Waals surface area (Å²) in [5.74, 6) is -4.38. The van der Waals surface area contributed by atoms with Crippen molar-refractivity contribution >= 4 is 17.9 Å². The highest BCUT2D eigenvalue weighted by Gasteiger charge is 2.51. The van der Waals surface area contributed by atoms with Crippen molar-refractivity contribution in [2.45, 2.75) is 250 Å². The van der Waals surface area contributed by atoms with Crippen molar-refractivity contribution < 1.29 is 38.4 Å². The van der Waals surface area contributed by atoms with Crippen LogP contribution in [0.1, 0.15) is 175 Å². The zero-order chi connectivity index (χ0) is 46.0. The van der Waals surface area contributed by atoms with Crippen LogP contribution in [0.15, 0.2) is 0 Å². The van der Waals surface area contributed by atoms with Crippen LogP contribution in [0.5, 0.6) is 0 Å². The molecule has 0 aromatic carbocycles. The summed E-state index contributed by atoms with van der Waals surface area (Å²) in [5.41, 5.74) is -1.99. The summed E-state index contributed by atoms with van der Waals surface area (Å²) < 4.78 is 25.5. The average Bonchev–Trinajstić information content (AvgIpc) is 3.04. The van der Waals surface area contributed by atoms with Gasteiger partial charge in [-0.2, -0.15) is 0 Å². The summed E-state index contributed by atoms with van der Waals surface area (Å²) in [6.07, 6.45) is 1.29. The van der Waals surface area contributed by atoms with Crippen molar-refractivity contribution in [2.75, 3.05) is 28.2 Å². The van der Waals surface area contributed by atoms with Crippen molar-refractivity contribution in [3.05, 3.63) is 0 Å². The molecule has 4 fully saturated rings. The molecule has 1 N–H and O–H groups in total. The third-order valence-electron chi connectivity index (χ3n) is 16.2. The van der Waals surface area contributed by atoms with E-state index < -0.39 is 54.7 Å². The minimum absolute atomic E-state index is 0.207. The smallest absolute Gasteiger partial charge is 0.310 e. The molecule has 0 bridgehead atoms. The molecule has 0 aromatic heterocycles. The number of rotatable bonds is 12. The second kappa shape index (κ2) is 17.3. The van der Waals surface area contributed by atoms with Crippen LogP contribution in [0.25, 0.3) is 0 Å². The Labute approximate surface area is 365 Å². The Morgan fingerprint density at radius 3 is 1.00 bits per heavy atom. The van der Waals surface area contributed by atoms with Crippen molar-refractivity contribution in [3.63, 3.8) is 0 Å². The van der Waals surface area contributed by atoms with E-state index >= 15 is 0 Å². The van der Waals surface area contributed by atoms with Crippen molar-refractivity contribution in [1.82, 2.24) is 19.6 Å². The van der Waals surface area contributed by atoms with Crippen molar-refractivity contribution in [3.8, 4) is 0 Å². The molecule has 4 aliphatic rings. The molecule has 4 saturated heterocycles. The maximum Gasteiger partial charge on any atom is 0.310 e. The van der Waals surface area contributed by atoms with E-state index in [0.29, 0.717) is 51.4 Å². The lowest BCUT2D eigenvalue weighted by atomic mass is 9.78. The van der Waals surface area contributed by atoms with Gasteiger partial charge in [-0.25, -0.2) is 0 Å². The number of esters is 3. The Balaban J connectivity index is 1.72. The first-order chi connectivity index (χ1) is 26.9. The molecule has 4 aliphatic heterocycles. The molecular formula is C48H88N4O8. The zero-order valence-electron chi connectivity index (χ0n) is 41.7. The lowest BCUT2D eigenvalue weighted by Crippen LogP contribution is -2.61. The fraction of sp³-hybridized carbons (Fsp3) is 0.938. The molecule has 12 heteroatoms. The Hall–Kier alpha value is -1.83. The van der Waals surface area contributed by atoms with E-state index in [4.69, 9.17) is 18.9 Å². The minimum atomic E-state index is -1.41. The van der Waals surface area contributed by atoms with Crippen LogP contribution in [0.4, 0.5) is 0 Å². The first-order valence-electron chi connectivity index (χ1n) is 22.8. The molecule has 12 nitrogen and oxygen atoms in total. The lowest BCUT2D eigenvalue weighted by Gasteiger charge is -2.53. The standard InChI is InChI=1S/C48H88N4O8/c1-41(2)23-31(24-42(3,4)49(41)17)57-37(53)21-35(39(55)59-33-27-45(9,10)51(19)46(11,12)28-33)36(40(56)60-34-29-47(13,14)52(20)48(15,16)30-34)22-38(54)58-32-25-43(5,6)50(18)44(7,8)26-32/h31-37,53H,21-30H2,1-20H3. The molecule has 0 aromatic rings. The number of aliphatic hydroxyl groups is 1. The number of likely N-dealkylation sites (tertiary alicyclic amines) is 4.